The Morgan fingerprint density at radius 2 is 1.79 bits per heavy atom. The summed E-state index contributed by atoms with van der Waals surface area (Å²) in [6.07, 6.45) is 0.549. The van der Waals surface area contributed by atoms with Gasteiger partial charge in [-0.2, -0.15) is 4.31 Å². The number of nitrogens with one attached hydrogen (secondary N) is 2. The van der Waals surface area contributed by atoms with Crippen LogP contribution in [0.25, 0.3) is 0 Å². The number of amides is 3. The monoisotopic (exact) mass is 414 g/mol. The third-order valence-electron chi connectivity index (χ3n) is 4.29. The summed E-state index contributed by atoms with van der Waals surface area (Å²) < 4.78 is 39.8. The van der Waals surface area contributed by atoms with Crippen LogP contribution >= 0.6 is 0 Å². The predicted octanol–water partition coefficient (Wildman–Crippen LogP) is 1.00. The Bertz CT molecular complexity index is 783. The highest BCUT2D eigenvalue weighted by atomic mass is 32.2. The molecule has 1 fully saturated rings. The van der Waals surface area contributed by atoms with Crippen LogP contribution in [0.2, 0.25) is 0 Å². The van der Waals surface area contributed by atoms with Crippen molar-refractivity contribution in [3.63, 3.8) is 0 Å². The highest BCUT2D eigenvalue weighted by Crippen LogP contribution is 2.18. The standard InChI is InChI=1S/C18H27FN4O4S/c1-14(2)12-20-18(25)21-17(24)13-22-8-3-9-23(11-10-22)28(26,27)16-6-4-15(19)5-7-16/h4-7,14H,3,8-13H2,1-2H3,(H2,20,21,24,25). The molecule has 8 nitrogen and oxygen atoms in total. The number of carbonyl (C=O) groups is 2. The van der Waals surface area contributed by atoms with E-state index >= 15 is 0 Å². The molecule has 0 saturated carbocycles. The van der Waals surface area contributed by atoms with Crippen molar-refractivity contribution in [2.75, 3.05) is 39.3 Å². The molecular formula is C18H27FN4O4S. The molecule has 0 aromatic heterocycles. The van der Waals surface area contributed by atoms with Crippen LogP contribution in [0.5, 0.6) is 0 Å². The molecule has 1 aromatic rings. The Morgan fingerprint density at radius 1 is 1.11 bits per heavy atom. The summed E-state index contributed by atoms with van der Waals surface area (Å²) in [7, 11) is -3.71. The van der Waals surface area contributed by atoms with E-state index in [1.807, 2.05) is 18.7 Å². The van der Waals surface area contributed by atoms with E-state index in [0.29, 0.717) is 32.6 Å². The Morgan fingerprint density at radius 3 is 2.43 bits per heavy atom. The molecule has 0 bridgehead atoms. The van der Waals surface area contributed by atoms with Gasteiger partial charge < -0.3 is 5.32 Å². The molecule has 0 aliphatic carbocycles. The fourth-order valence-corrected chi connectivity index (χ4v) is 4.28. The average Bonchev–Trinajstić information content (AvgIpc) is 2.86. The molecule has 0 radical (unpaired) electrons. The lowest BCUT2D eigenvalue weighted by atomic mass is 10.2. The summed E-state index contributed by atoms with van der Waals surface area (Å²) in [6.45, 7) is 5.81. The summed E-state index contributed by atoms with van der Waals surface area (Å²) in [4.78, 5) is 25.5. The highest BCUT2D eigenvalue weighted by Gasteiger charge is 2.27. The van der Waals surface area contributed by atoms with Gasteiger partial charge in [0.2, 0.25) is 15.9 Å². The molecule has 0 atom stereocenters. The van der Waals surface area contributed by atoms with Crippen LogP contribution in [-0.4, -0.2) is 68.8 Å². The van der Waals surface area contributed by atoms with Crippen molar-refractivity contribution < 1.29 is 22.4 Å². The van der Waals surface area contributed by atoms with Gasteiger partial charge in [0, 0.05) is 26.2 Å². The fourth-order valence-electron chi connectivity index (χ4n) is 2.81. The molecule has 1 aromatic carbocycles. The number of benzene rings is 1. The van der Waals surface area contributed by atoms with E-state index in [-0.39, 0.29) is 23.9 Å². The Hall–Kier alpha value is -2.04. The lowest BCUT2D eigenvalue weighted by Crippen LogP contribution is -2.46. The van der Waals surface area contributed by atoms with Crippen LogP contribution < -0.4 is 10.6 Å². The van der Waals surface area contributed by atoms with Crippen LogP contribution in [0.4, 0.5) is 9.18 Å². The van der Waals surface area contributed by atoms with Gasteiger partial charge in [0.25, 0.3) is 0 Å². The summed E-state index contributed by atoms with van der Waals surface area (Å²) in [5, 5.41) is 4.89. The van der Waals surface area contributed by atoms with Crippen molar-refractivity contribution in [1.29, 1.82) is 0 Å². The molecule has 1 aliphatic rings. The number of sulfonamides is 1. The van der Waals surface area contributed by atoms with Crippen molar-refractivity contribution in [3.05, 3.63) is 30.1 Å². The summed E-state index contributed by atoms with van der Waals surface area (Å²) >= 11 is 0. The van der Waals surface area contributed by atoms with Crippen LogP contribution in [-0.2, 0) is 14.8 Å². The molecule has 0 spiro atoms. The number of hydrogen-bond acceptors (Lipinski definition) is 5. The Kier molecular flexibility index (Phi) is 7.90. The van der Waals surface area contributed by atoms with Gasteiger partial charge in [-0.1, -0.05) is 13.8 Å². The highest BCUT2D eigenvalue weighted by molar-refractivity contribution is 7.89. The zero-order valence-electron chi connectivity index (χ0n) is 16.2. The van der Waals surface area contributed by atoms with Gasteiger partial charge >= 0.3 is 6.03 Å². The van der Waals surface area contributed by atoms with Crippen molar-refractivity contribution in [1.82, 2.24) is 19.8 Å². The number of nitrogens with zero attached hydrogens (tertiary/aromatic N) is 2. The maximum absolute atomic E-state index is 13.1. The lowest BCUT2D eigenvalue weighted by molar-refractivity contribution is -0.121. The molecule has 1 aliphatic heterocycles. The minimum atomic E-state index is -3.71. The zero-order valence-corrected chi connectivity index (χ0v) is 17.0. The van der Waals surface area contributed by atoms with Gasteiger partial charge in [0.05, 0.1) is 11.4 Å². The second-order valence-corrected chi connectivity index (χ2v) is 9.08. The van der Waals surface area contributed by atoms with Gasteiger partial charge in [-0.15, -0.1) is 0 Å². The van der Waals surface area contributed by atoms with E-state index in [2.05, 4.69) is 10.6 Å². The Balaban J connectivity index is 1.88. The zero-order chi connectivity index (χ0) is 20.7. The van der Waals surface area contributed by atoms with Gasteiger partial charge in [0.15, 0.2) is 0 Å². The van der Waals surface area contributed by atoms with E-state index in [1.165, 1.54) is 16.4 Å². The SMILES string of the molecule is CC(C)CNC(=O)NC(=O)CN1CCCN(S(=O)(=O)c2ccc(F)cc2)CC1. The first-order valence-electron chi connectivity index (χ1n) is 9.24. The summed E-state index contributed by atoms with van der Waals surface area (Å²) in [5.41, 5.74) is 0. The van der Waals surface area contributed by atoms with E-state index in [9.17, 15) is 22.4 Å². The van der Waals surface area contributed by atoms with Gasteiger partial charge in [-0.3, -0.25) is 15.0 Å². The maximum Gasteiger partial charge on any atom is 0.321 e. The molecule has 2 rings (SSSR count). The van der Waals surface area contributed by atoms with E-state index in [4.69, 9.17) is 0 Å². The lowest BCUT2D eigenvalue weighted by Gasteiger charge is -2.21. The fraction of sp³-hybridized carbons (Fsp3) is 0.556. The summed E-state index contributed by atoms with van der Waals surface area (Å²) in [5.74, 6) is -0.652. The number of hydrogen-bond donors (Lipinski definition) is 2. The second kappa shape index (κ2) is 9.94. The van der Waals surface area contributed by atoms with E-state index in [1.54, 1.807) is 0 Å². The first-order chi connectivity index (χ1) is 13.2. The largest absolute Gasteiger partial charge is 0.338 e. The van der Waals surface area contributed by atoms with E-state index < -0.39 is 27.8 Å². The quantitative estimate of drug-likeness (QED) is 0.724. The van der Waals surface area contributed by atoms with Crippen molar-refractivity contribution >= 4 is 22.0 Å². The number of halogens is 1. The molecule has 0 unspecified atom stereocenters. The average molecular weight is 415 g/mol. The van der Waals surface area contributed by atoms with E-state index in [0.717, 1.165) is 12.1 Å². The van der Waals surface area contributed by atoms with Crippen LogP contribution in [0, 0.1) is 11.7 Å². The molecule has 3 amide bonds. The molecule has 156 valence electrons. The van der Waals surface area contributed by atoms with Crippen LogP contribution in [0.3, 0.4) is 0 Å². The first kappa shape index (κ1) is 22.3. The molecule has 2 N–H and O–H groups in total. The second-order valence-electron chi connectivity index (χ2n) is 7.14. The van der Waals surface area contributed by atoms with Crippen molar-refractivity contribution in [2.24, 2.45) is 5.92 Å². The first-order valence-corrected chi connectivity index (χ1v) is 10.7. The minimum Gasteiger partial charge on any atom is -0.338 e. The third-order valence-corrected chi connectivity index (χ3v) is 6.20. The topological polar surface area (TPSA) is 98.8 Å². The van der Waals surface area contributed by atoms with Crippen LogP contribution in [0.1, 0.15) is 20.3 Å². The van der Waals surface area contributed by atoms with Gasteiger partial charge in [-0.05, 0) is 43.1 Å². The number of carbonyl (C=O) groups excluding carboxylic acids is 2. The smallest absolute Gasteiger partial charge is 0.321 e. The maximum atomic E-state index is 13.1. The molecule has 28 heavy (non-hydrogen) atoms. The molecule has 1 saturated heterocycles. The predicted molar refractivity (Wildman–Crippen MR) is 103 cm³/mol. The summed E-state index contributed by atoms with van der Waals surface area (Å²) in [6, 6.07) is 4.19. The number of urea groups is 1. The van der Waals surface area contributed by atoms with Gasteiger partial charge in [0.1, 0.15) is 5.82 Å². The van der Waals surface area contributed by atoms with Crippen LogP contribution in [0.15, 0.2) is 29.2 Å². The van der Waals surface area contributed by atoms with Crippen molar-refractivity contribution in [2.45, 2.75) is 25.2 Å². The third kappa shape index (κ3) is 6.54. The Labute approximate surface area is 165 Å². The molecular weight excluding hydrogens is 387 g/mol. The van der Waals surface area contributed by atoms with Gasteiger partial charge in [-0.25, -0.2) is 17.6 Å². The normalized spacial score (nSPS) is 16.6. The minimum absolute atomic E-state index is 0.0134. The number of rotatable bonds is 6. The van der Waals surface area contributed by atoms with Crippen molar-refractivity contribution in [3.8, 4) is 0 Å². The molecule has 10 heteroatoms. The molecule has 1 heterocycles. The number of imide groups is 1.